The molecule has 0 N–H and O–H groups in total. The van der Waals surface area contributed by atoms with E-state index in [9.17, 15) is 4.79 Å². The van der Waals surface area contributed by atoms with Gasteiger partial charge in [0.25, 0.3) is 0 Å². The Morgan fingerprint density at radius 3 is 2.48 bits per heavy atom. The molecule has 0 aliphatic carbocycles. The molecular formula is C19H29N3O3. The average Bonchev–Trinajstić information content (AvgIpc) is 3.08. The van der Waals surface area contributed by atoms with Crippen LogP contribution in [0.3, 0.4) is 0 Å². The van der Waals surface area contributed by atoms with E-state index in [0.29, 0.717) is 6.79 Å². The van der Waals surface area contributed by atoms with Gasteiger partial charge in [0, 0.05) is 32.7 Å². The molecule has 1 atom stereocenters. The van der Waals surface area contributed by atoms with Crippen molar-refractivity contribution in [3.8, 4) is 11.5 Å². The van der Waals surface area contributed by atoms with Gasteiger partial charge in [-0.2, -0.15) is 0 Å². The summed E-state index contributed by atoms with van der Waals surface area (Å²) in [7, 11) is 3.97. The van der Waals surface area contributed by atoms with Crippen LogP contribution in [0, 0.1) is 0 Å². The number of ether oxygens (including phenoxy) is 2. The highest BCUT2D eigenvalue weighted by Crippen LogP contribution is 2.33. The molecule has 2 aliphatic heterocycles. The average molecular weight is 347 g/mol. The minimum Gasteiger partial charge on any atom is -0.454 e. The number of nitrogens with zero attached hydrogens (tertiary/aromatic N) is 3. The summed E-state index contributed by atoms with van der Waals surface area (Å²) >= 11 is 0. The van der Waals surface area contributed by atoms with Gasteiger partial charge in [0.2, 0.25) is 12.7 Å². The zero-order valence-corrected chi connectivity index (χ0v) is 15.7. The maximum Gasteiger partial charge on any atom is 0.242 e. The van der Waals surface area contributed by atoms with Crippen molar-refractivity contribution < 1.29 is 14.3 Å². The SMILES string of the molecule is CCC(C)(C(=O)N1CCN(Cc2ccc3c(c2)OCO3)CC1)N(C)C. The molecule has 1 saturated heterocycles. The number of amides is 1. The molecule has 6 nitrogen and oxygen atoms in total. The molecule has 2 aliphatic rings. The number of piperazine rings is 1. The van der Waals surface area contributed by atoms with Gasteiger partial charge in [-0.15, -0.1) is 0 Å². The van der Waals surface area contributed by atoms with Crippen LogP contribution < -0.4 is 9.47 Å². The monoisotopic (exact) mass is 347 g/mol. The van der Waals surface area contributed by atoms with Gasteiger partial charge in [-0.1, -0.05) is 13.0 Å². The molecule has 1 unspecified atom stereocenters. The Labute approximate surface area is 150 Å². The lowest BCUT2D eigenvalue weighted by Gasteiger charge is -2.42. The molecule has 0 radical (unpaired) electrons. The molecule has 1 fully saturated rings. The summed E-state index contributed by atoms with van der Waals surface area (Å²) in [5.74, 6) is 1.89. The van der Waals surface area contributed by atoms with E-state index in [1.807, 2.05) is 36.9 Å². The first-order valence-corrected chi connectivity index (χ1v) is 9.01. The number of carbonyl (C=O) groups excluding carboxylic acids is 1. The van der Waals surface area contributed by atoms with Gasteiger partial charge < -0.3 is 14.4 Å². The highest BCUT2D eigenvalue weighted by molar-refractivity contribution is 5.86. The van der Waals surface area contributed by atoms with E-state index in [2.05, 4.69) is 24.0 Å². The number of rotatable bonds is 5. The van der Waals surface area contributed by atoms with Crippen molar-refractivity contribution in [1.82, 2.24) is 14.7 Å². The number of hydrogen-bond donors (Lipinski definition) is 0. The first-order chi connectivity index (χ1) is 11.9. The Bertz CT molecular complexity index is 626. The third-order valence-electron chi connectivity index (χ3n) is 5.64. The van der Waals surface area contributed by atoms with E-state index in [1.54, 1.807) is 0 Å². The van der Waals surface area contributed by atoms with Crippen molar-refractivity contribution >= 4 is 5.91 Å². The summed E-state index contributed by atoms with van der Waals surface area (Å²) in [4.78, 5) is 19.4. The fourth-order valence-corrected chi connectivity index (χ4v) is 3.41. The number of benzene rings is 1. The van der Waals surface area contributed by atoms with Crippen LogP contribution in [-0.2, 0) is 11.3 Å². The molecule has 3 rings (SSSR count). The Hall–Kier alpha value is -1.79. The normalized spacial score (nSPS) is 20.0. The molecule has 0 bridgehead atoms. The second kappa shape index (κ2) is 7.22. The van der Waals surface area contributed by atoms with Gasteiger partial charge >= 0.3 is 0 Å². The topological polar surface area (TPSA) is 45.3 Å². The van der Waals surface area contributed by atoms with Gasteiger partial charge in [0.05, 0.1) is 5.54 Å². The van der Waals surface area contributed by atoms with Crippen molar-refractivity contribution in [1.29, 1.82) is 0 Å². The maximum atomic E-state index is 12.9. The summed E-state index contributed by atoms with van der Waals surface area (Å²) in [5.41, 5.74) is 0.801. The van der Waals surface area contributed by atoms with E-state index >= 15 is 0 Å². The van der Waals surface area contributed by atoms with E-state index in [0.717, 1.165) is 50.6 Å². The second-order valence-corrected chi connectivity index (χ2v) is 7.28. The Morgan fingerprint density at radius 1 is 1.16 bits per heavy atom. The predicted octanol–water partition coefficient (Wildman–Crippen LogP) is 1.79. The molecule has 1 aromatic rings. The summed E-state index contributed by atoms with van der Waals surface area (Å²) in [6.07, 6.45) is 0.816. The Morgan fingerprint density at radius 2 is 1.84 bits per heavy atom. The first-order valence-electron chi connectivity index (χ1n) is 9.01. The molecule has 6 heteroatoms. The predicted molar refractivity (Wildman–Crippen MR) is 96.8 cm³/mol. The Balaban J connectivity index is 1.56. The smallest absolute Gasteiger partial charge is 0.242 e. The van der Waals surface area contributed by atoms with Crippen LogP contribution in [0.4, 0.5) is 0 Å². The number of fused-ring (bicyclic) bond motifs is 1. The van der Waals surface area contributed by atoms with Crippen LogP contribution in [0.2, 0.25) is 0 Å². The van der Waals surface area contributed by atoms with Crippen molar-refractivity contribution in [2.45, 2.75) is 32.4 Å². The van der Waals surface area contributed by atoms with Crippen molar-refractivity contribution in [2.24, 2.45) is 0 Å². The zero-order chi connectivity index (χ0) is 18.0. The molecule has 0 saturated carbocycles. The molecule has 138 valence electrons. The highest BCUT2D eigenvalue weighted by Gasteiger charge is 2.38. The van der Waals surface area contributed by atoms with Gasteiger partial charge in [-0.3, -0.25) is 14.6 Å². The van der Waals surface area contributed by atoms with E-state index in [1.165, 1.54) is 5.56 Å². The lowest BCUT2D eigenvalue weighted by molar-refractivity contribution is -0.144. The van der Waals surface area contributed by atoms with Crippen LogP contribution >= 0.6 is 0 Å². The Kier molecular flexibility index (Phi) is 5.20. The van der Waals surface area contributed by atoms with Crippen LogP contribution in [0.25, 0.3) is 0 Å². The molecule has 1 aromatic carbocycles. The van der Waals surface area contributed by atoms with Crippen molar-refractivity contribution in [3.63, 3.8) is 0 Å². The molecular weight excluding hydrogens is 318 g/mol. The van der Waals surface area contributed by atoms with Gasteiger partial charge in [0.15, 0.2) is 11.5 Å². The third kappa shape index (κ3) is 3.60. The van der Waals surface area contributed by atoms with E-state index in [4.69, 9.17) is 9.47 Å². The number of likely N-dealkylation sites (N-methyl/N-ethyl adjacent to an activating group) is 1. The summed E-state index contributed by atoms with van der Waals surface area (Å²) in [6.45, 7) is 8.65. The van der Waals surface area contributed by atoms with Crippen molar-refractivity contribution in [3.05, 3.63) is 23.8 Å². The van der Waals surface area contributed by atoms with Gasteiger partial charge in [-0.25, -0.2) is 0 Å². The summed E-state index contributed by atoms with van der Waals surface area (Å²) < 4.78 is 10.8. The van der Waals surface area contributed by atoms with Gasteiger partial charge in [-0.05, 0) is 45.1 Å². The quantitative estimate of drug-likeness (QED) is 0.813. The van der Waals surface area contributed by atoms with E-state index < -0.39 is 5.54 Å². The zero-order valence-electron chi connectivity index (χ0n) is 15.7. The molecule has 1 amide bonds. The van der Waals surface area contributed by atoms with Crippen molar-refractivity contribution in [2.75, 3.05) is 47.1 Å². The minimum absolute atomic E-state index is 0.239. The molecule has 0 aromatic heterocycles. The number of carbonyl (C=O) groups is 1. The standard InChI is InChI=1S/C19H29N3O3/c1-5-19(2,20(3)4)18(23)22-10-8-21(9-11-22)13-15-6-7-16-17(12-15)25-14-24-16/h6-7,12H,5,8-11,13-14H2,1-4H3. The fourth-order valence-electron chi connectivity index (χ4n) is 3.41. The molecule has 2 heterocycles. The summed E-state index contributed by atoms with van der Waals surface area (Å²) in [6, 6.07) is 6.12. The first kappa shape index (κ1) is 18.0. The van der Waals surface area contributed by atoms with E-state index in [-0.39, 0.29) is 5.91 Å². The number of hydrogen-bond acceptors (Lipinski definition) is 5. The fraction of sp³-hybridized carbons (Fsp3) is 0.632. The van der Waals surface area contributed by atoms with Crippen LogP contribution in [0.15, 0.2) is 18.2 Å². The second-order valence-electron chi connectivity index (χ2n) is 7.28. The third-order valence-corrected chi connectivity index (χ3v) is 5.64. The largest absolute Gasteiger partial charge is 0.454 e. The molecule has 25 heavy (non-hydrogen) atoms. The maximum absolute atomic E-state index is 12.9. The summed E-state index contributed by atoms with van der Waals surface area (Å²) in [5, 5.41) is 0. The van der Waals surface area contributed by atoms with Crippen LogP contribution in [0.5, 0.6) is 11.5 Å². The lowest BCUT2D eigenvalue weighted by atomic mass is 9.95. The van der Waals surface area contributed by atoms with Gasteiger partial charge in [0.1, 0.15) is 0 Å². The molecule has 0 spiro atoms. The lowest BCUT2D eigenvalue weighted by Crippen LogP contribution is -2.59. The minimum atomic E-state index is -0.417. The van der Waals surface area contributed by atoms with Crippen LogP contribution in [-0.4, -0.2) is 73.2 Å². The van der Waals surface area contributed by atoms with Crippen LogP contribution in [0.1, 0.15) is 25.8 Å². The highest BCUT2D eigenvalue weighted by atomic mass is 16.7.